The maximum atomic E-state index is 5.03. The van der Waals surface area contributed by atoms with Gasteiger partial charge >= 0.3 is 0 Å². The van der Waals surface area contributed by atoms with Gasteiger partial charge in [-0.25, -0.2) is 14.5 Å². The second-order valence-corrected chi connectivity index (χ2v) is 6.88. The van der Waals surface area contributed by atoms with Crippen LogP contribution in [-0.4, -0.2) is 19.6 Å². The summed E-state index contributed by atoms with van der Waals surface area (Å²) in [6.07, 6.45) is 0.818. The van der Waals surface area contributed by atoms with Gasteiger partial charge in [0.2, 0.25) is 0 Å². The molecular formula is C25H20N4. The minimum Gasteiger partial charge on any atom is -0.209 e. The third kappa shape index (κ3) is 3.09. The lowest BCUT2D eigenvalue weighted by molar-refractivity contribution is 0.847. The number of fused-ring (bicyclic) bond motifs is 1. The minimum absolute atomic E-state index is 0.624. The van der Waals surface area contributed by atoms with Crippen molar-refractivity contribution in [3.8, 4) is 33.8 Å². The molecule has 2 heterocycles. The Kier molecular flexibility index (Phi) is 4.37. The molecule has 0 saturated carbocycles. The third-order valence-corrected chi connectivity index (χ3v) is 5.04. The Labute approximate surface area is 169 Å². The van der Waals surface area contributed by atoms with Gasteiger partial charge in [0, 0.05) is 16.7 Å². The summed E-state index contributed by atoms with van der Waals surface area (Å²) >= 11 is 0. The fourth-order valence-electron chi connectivity index (χ4n) is 3.64. The zero-order valence-electron chi connectivity index (χ0n) is 16.2. The maximum absolute atomic E-state index is 5.03. The van der Waals surface area contributed by atoms with E-state index in [0.717, 1.165) is 45.9 Å². The molecule has 4 heteroatoms. The molecule has 0 aliphatic heterocycles. The second kappa shape index (κ2) is 7.32. The van der Waals surface area contributed by atoms with Gasteiger partial charge in [-0.05, 0) is 6.42 Å². The summed E-state index contributed by atoms with van der Waals surface area (Å²) in [6, 6.07) is 30.6. The van der Waals surface area contributed by atoms with Crippen LogP contribution < -0.4 is 0 Å². The SMILES string of the molecule is CCc1c(-c2ccccc2)nc2nc(-c3ccccc3)c(-c3ccccc3)nn12. The molecule has 4 nitrogen and oxygen atoms in total. The van der Waals surface area contributed by atoms with Gasteiger partial charge in [-0.15, -0.1) is 0 Å². The number of rotatable bonds is 4. The van der Waals surface area contributed by atoms with Crippen molar-refractivity contribution >= 4 is 5.78 Å². The van der Waals surface area contributed by atoms with Crippen LogP contribution >= 0.6 is 0 Å². The average molecular weight is 376 g/mol. The van der Waals surface area contributed by atoms with E-state index in [2.05, 4.69) is 43.3 Å². The number of aryl methyl sites for hydroxylation is 1. The Bertz CT molecular complexity index is 1260. The van der Waals surface area contributed by atoms with E-state index in [-0.39, 0.29) is 0 Å². The minimum atomic E-state index is 0.624. The van der Waals surface area contributed by atoms with Crippen molar-refractivity contribution in [3.63, 3.8) is 0 Å². The number of nitrogens with zero attached hydrogens (tertiary/aromatic N) is 4. The number of imidazole rings is 1. The van der Waals surface area contributed by atoms with Gasteiger partial charge in [-0.1, -0.05) is 97.9 Å². The number of aromatic nitrogens is 4. The van der Waals surface area contributed by atoms with Crippen LogP contribution in [-0.2, 0) is 6.42 Å². The molecule has 2 aromatic heterocycles. The lowest BCUT2D eigenvalue weighted by Crippen LogP contribution is -2.04. The Morgan fingerprint density at radius 2 is 1.03 bits per heavy atom. The van der Waals surface area contributed by atoms with E-state index in [1.54, 1.807) is 0 Å². The number of hydrogen-bond donors (Lipinski definition) is 0. The van der Waals surface area contributed by atoms with Crippen LogP contribution in [0.4, 0.5) is 0 Å². The second-order valence-electron chi connectivity index (χ2n) is 6.88. The molecular weight excluding hydrogens is 356 g/mol. The highest BCUT2D eigenvalue weighted by Gasteiger charge is 2.19. The quantitative estimate of drug-likeness (QED) is 0.405. The molecule has 0 unspecified atom stereocenters. The van der Waals surface area contributed by atoms with Crippen LogP contribution in [0.15, 0.2) is 91.0 Å². The first-order chi connectivity index (χ1) is 14.3. The van der Waals surface area contributed by atoms with E-state index in [9.17, 15) is 0 Å². The molecule has 5 rings (SSSR count). The van der Waals surface area contributed by atoms with Gasteiger partial charge in [-0.3, -0.25) is 0 Å². The lowest BCUT2D eigenvalue weighted by Gasteiger charge is -2.10. The standard InChI is InChI=1S/C25H20N4/c1-2-21-22(18-12-6-3-7-13-18)26-25-27-23(19-14-8-4-9-15-19)24(28-29(21)25)20-16-10-5-11-17-20/h3-17H,2H2,1H3. The van der Waals surface area contributed by atoms with Crippen LogP contribution in [0.3, 0.4) is 0 Å². The normalized spacial score (nSPS) is 11.1. The molecule has 29 heavy (non-hydrogen) atoms. The zero-order valence-corrected chi connectivity index (χ0v) is 16.2. The predicted octanol–water partition coefficient (Wildman–Crippen LogP) is 5.69. The van der Waals surface area contributed by atoms with E-state index >= 15 is 0 Å². The molecule has 0 aliphatic rings. The zero-order chi connectivity index (χ0) is 19.6. The van der Waals surface area contributed by atoms with Crippen molar-refractivity contribution in [1.82, 2.24) is 19.6 Å². The fourth-order valence-corrected chi connectivity index (χ4v) is 3.64. The van der Waals surface area contributed by atoms with E-state index in [1.807, 2.05) is 59.1 Å². The Morgan fingerprint density at radius 3 is 1.55 bits per heavy atom. The van der Waals surface area contributed by atoms with Crippen LogP contribution in [0.2, 0.25) is 0 Å². The first-order valence-corrected chi connectivity index (χ1v) is 9.81. The highest BCUT2D eigenvalue weighted by atomic mass is 15.3. The predicted molar refractivity (Wildman–Crippen MR) is 116 cm³/mol. The molecule has 0 aliphatic carbocycles. The molecule has 0 saturated heterocycles. The number of benzene rings is 3. The Morgan fingerprint density at radius 1 is 0.586 bits per heavy atom. The summed E-state index contributed by atoms with van der Waals surface area (Å²) in [6.45, 7) is 2.13. The van der Waals surface area contributed by atoms with Gasteiger partial charge in [0.1, 0.15) is 11.4 Å². The molecule has 0 bridgehead atoms. The topological polar surface area (TPSA) is 43.1 Å². The van der Waals surface area contributed by atoms with Gasteiger partial charge in [0.25, 0.3) is 5.78 Å². The highest BCUT2D eigenvalue weighted by Crippen LogP contribution is 2.31. The first-order valence-electron chi connectivity index (χ1n) is 9.81. The van der Waals surface area contributed by atoms with Gasteiger partial charge in [0.15, 0.2) is 0 Å². The summed E-state index contributed by atoms with van der Waals surface area (Å²) in [7, 11) is 0. The third-order valence-electron chi connectivity index (χ3n) is 5.04. The van der Waals surface area contributed by atoms with E-state index in [0.29, 0.717) is 5.78 Å². The van der Waals surface area contributed by atoms with Crippen molar-refractivity contribution < 1.29 is 0 Å². The maximum Gasteiger partial charge on any atom is 0.252 e. The van der Waals surface area contributed by atoms with Gasteiger partial charge < -0.3 is 0 Å². The molecule has 0 fully saturated rings. The van der Waals surface area contributed by atoms with E-state index in [1.165, 1.54) is 0 Å². The molecule has 0 radical (unpaired) electrons. The number of hydrogen-bond acceptors (Lipinski definition) is 3. The van der Waals surface area contributed by atoms with Crippen LogP contribution in [0.5, 0.6) is 0 Å². The molecule has 5 aromatic rings. The van der Waals surface area contributed by atoms with Gasteiger partial charge in [0.05, 0.1) is 11.4 Å². The molecule has 0 atom stereocenters. The Balaban J connectivity index is 1.82. The van der Waals surface area contributed by atoms with Crippen molar-refractivity contribution in [2.24, 2.45) is 0 Å². The smallest absolute Gasteiger partial charge is 0.209 e. The average Bonchev–Trinajstić information content (AvgIpc) is 3.17. The molecule has 0 N–H and O–H groups in total. The summed E-state index contributed by atoms with van der Waals surface area (Å²) in [4.78, 5) is 9.83. The van der Waals surface area contributed by atoms with Crippen LogP contribution in [0.25, 0.3) is 39.5 Å². The molecule has 140 valence electrons. The Hall–Kier alpha value is -3.79. The van der Waals surface area contributed by atoms with Crippen LogP contribution in [0.1, 0.15) is 12.6 Å². The van der Waals surface area contributed by atoms with E-state index in [4.69, 9.17) is 15.1 Å². The molecule has 0 amide bonds. The van der Waals surface area contributed by atoms with Crippen molar-refractivity contribution in [2.45, 2.75) is 13.3 Å². The van der Waals surface area contributed by atoms with Gasteiger partial charge in [-0.2, -0.15) is 5.10 Å². The molecule has 0 spiro atoms. The van der Waals surface area contributed by atoms with E-state index < -0.39 is 0 Å². The summed E-state index contributed by atoms with van der Waals surface area (Å²) in [5.41, 5.74) is 6.86. The largest absolute Gasteiger partial charge is 0.252 e. The molecule has 3 aromatic carbocycles. The van der Waals surface area contributed by atoms with Crippen molar-refractivity contribution in [2.75, 3.05) is 0 Å². The highest BCUT2D eigenvalue weighted by molar-refractivity contribution is 5.79. The lowest BCUT2D eigenvalue weighted by atomic mass is 10.0. The van der Waals surface area contributed by atoms with Crippen molar-refractivity contribution in [3.05, 3.63) is 96.7 Å². The summed E-state index contributed by atoms with van der Waals surface area (Å²) in [5.74, 6) is 0.624. The fraction of sp³-hybridized carbons (Fsp3) is 0.0800. The van der Waals surface area contributed by atoms with Crippen molar-refractivity contribution in [1.29, 1.82) is 0 Å². The first kappa shape index (κ1) is 17.3. The van der Waals surface area contributed by atoms with Crippen LogP contribution in [0, 0.1) is 0 Å². The summed E-state index contributed by atoms with van der Waals surface area (Å²) in [5, 5.41) is 5.03. The monoisotopic (exact) mass is 376 g/mol. The summed E-state index contributed by atoms with van der Waals surface area (Å²) < 4.78 is 1.90.